The van der Waals surface area contributed by atoms with Crippen molar-refractivity contribution in [1.29, 1.82) is 0 Å². The summed E-state index contributed by atoms with van der Waals surface area (Å²) in [6.45, 7) is 0. The molecule has 0 unspecified atom stereocenters. The number of ether oxygens (including phenoxy) is 1. The maximum Gasteiger partial charge on any atom is 0.303 e. The zero-order valence-electron chi connectivity index (χ0n) is 10.3. The van der Waals surface area contributed by atoms with E-state index in [1.807, 2.05) is 6.07 Å². The molecule has 1 saturated carbocycles. The number of methoxy groups -OCH3 is 1. The monoisotopic (exact) mass is 248 g/mol. The Bertz CT molecular complexity index is 475. The topological polar surface area (TPSA) is 63.6 Å². The normalized spacial score (nSPS) is 14.3. The summed E-state index contributed by atoms with van der Waals surface area (Å²) in [5.41, 5.74) is 1.45. The Morgan fingerprint density at radius 1 is 1.39 bits per heavy atom. The minimum atomic E-state index is -0.833. The van der Waals surface area contributed by atoms with Crippen LogP contribution in [0, 0.1) is 5.92 Å². The van der Waals surface area contributed by atoms with Crippen LogP contribution in [0.3, 0.4) is 0 Å². The zero-order chi connectivity index (χ0) is 13.1. The summed E-state index contributed by atoms with van der Waals surface area (Å²) in [4.78, 5) is 22.6. The summed E-state index contributed by atoms with van der Waals surface area (Å²) in [5, 5.41) is 8.66. The van der Waals surface area contributed by atoms with Crippen molar-refractivity contribution in [3.8, 4) is 5.75 Å². The van der Waals surface area contributed by atoms with Gasteiger partial charge in [-0.05, 0) is 37.0 Å². The summed E-state index contributed by atoms with van der Waals surface area (Å²) in [6, 6.07) is 5.32. The molecule has 96 valence electrons. The van der Waals surface area contributed by atoms with E-state index >= 15 is 0 Å². The van der Waals surface area contributed by atoms with Crippen LogP contribution in [-0.4, -0.2) is 24.0 Å². The van der Waals surface area contributed by atoms with Crippen molar-refractivity contribution in [3.05, 3.63) is 29.3 Å². The number of carbonyl (C=O) groups is 2. The quantitative estimate of drug-likeness (QED) is 0.784. The maximum atomic E-state index is 12.1. The third-order valence-electron chi connectivity index (χ3n) is 3.11. The number of benzene rings is 1. The van der Waals surface area contributed by atoms with Crippen LogP contribution >= 0.6 is 0 Å². The smallest absolute Gasteiger partial charge is 0.303 e. The SMILES string of the molecule is COc1ccc(CCC(=O)O)cc1C(=O)C1CC1. The third kappa shape index (κ3) is 2.88. The van der Waals surface area contributed by atoms with E-state index in [0.29, 0.717) is 17.7 Å². The molecule has 0 radical (unpaired) electrons. The number of ketones is 1. The Morgan fingerprint density at radius 3 is 2.67 bits per heavy atom. The van der Waals surface area contributed by atoms with Gasteiger partial charge in [-0.1, -0.05) is 6.07 Å². The van der Waals surface area contributed by atoms with Gasteiger partial charge in [-0.15, -0.1) is 0 Å². The number of hydrogen-bond acceptors (Lipinski definition) is 3. The van der Waals surface area contributed by atoms with Gasteiger partial charge >= 0.3 is 5.97 Å². The van der Waals surface area contributed by atoms with Crippen LogP contribution in [0.25, 0.3) is 0 Å². The molecule has 0 aromatic heterocycles. The number of Topliss-reactive ketones (excluding diaryl/α,β-unsaturated/α-hetero) is 1. The summed E-state index contributed by atoms with van der Waals surface area (Å²) in [7, 11) is 1.54. The van der Waals surface area contributed by atoms with E-state index < -0.39 is 5.97 Å². The van der Waals surface area contributed by atoms with Gasteiger partial charge in [-0.25, -0.2) is 0 Å². The second-order valence-corrected chi connectivity index (χ2v) is 4.57. The summed E-state index contributed by atoms with van der Waals surface area (Å²) >= 11 is 0. The minimum Gasteiger partial charge on any atom is -0.496 e. The Kier molecular flexibility index (Phi) is 3.65. The molecule has 0 heterocycles. The predicted octanol–water partition coefficient (Wildman–Crippen LogP) is 2.31. The molecular formula is C14H16O4. The van der Waals surface area contributed by atoms with E-state index in [0.717, 1.165) is 18.4 Å². The fourth-order valence-corrected chi connectivity index (χ4v) is 1.92. The first-order valence-corrected chi connectivity index (χ1v) is 6.04. The number of aryl methyl sites for hydroxylation is 1. The highest BCUT2D eigenvalue weighted by Gasteiger charge is 2.32. The molecule has 0 amide bonds. The fraction of sp³-hybridized carbons (Fsp3) is 0.429. The van der Waals surface area contributed by atoms with Crippen LogP contribution in [-0.2, 0) is 11.2 Å². The van der Waals surface area contributed by atoms with Gasteiger partial charge in [0.2, 0.25) is 0 Å². The van der Waals surface area contributed by atoms with Gasteiger partial charge in [0.1, 0.15) is 5.75 Å². The molecule has 4 heteroatoms. The molecule has 0 aliphatic heterocycles. The number of carbonyl (C=O) groups excluding carboxylic acids is 1. The highest BCUT2D eigenvalue weighted by atomic mass is 16.5. The molecule has 0 spiro atoms. The van der Waals surface area contributed by atoms with Crippen molar-refractivity contribution in [2.45, 2.75) is 25.7 Å². The second-order valence-electron chi connectivity index (χ2n) is 4.57. The number of carboxylic acids is 1. The Balaban J connectivity index is 2.21. The molecule has 0 atom stereocenters. The van der Waals surface area contributed by atoms with E-state index in [4.69, 9.17) is 9.84 Å². The molecule has 1 fully saturated rings. The molecule has 0 bridgehead atoms. The number of aliphatic carboxylic acids is 1. The maximum absolute atomic E-state index is 12.1. The van der Waals surface area contributed by atoms with E-state index in [9.17, 15) is 9.59 Å². The van der Waals surface area contributed by atoms with Gasteiger partial charge in [0.15, 0.2) is 5.78 Å². The van der Waals surface area contributed by atoms with Crippen molar-refractivity contribution in [2.75, 3.05) is 7.11 Å². The molecule has 2 rings (SSSR count). The van der Waals surface area contributed by atoms with E-state index in [1.54, 1.807) is 12.1 Å². The van der Waals surface area contributed by atoms with Crippen molar-refractivity contribution >= 4 is 11.8 Å². The van der Waals surface area contributed by atoms with Crippen molar-refractivity contribution < 1.29 is 19.4 Å². The van der Waals surface area contributed by atoms with Gasteiger partial charge < -0.3 is 9.84 Å². The molecular weight excluding hydrogens is 232 g/mol. The van der Waals surface area contributed by atoms with Crippen LogP contribution in [0.4, 0.5) is 0 Å². The van der Waals surface area contributed by atoms with Gasteiger partial charge in [0.25, 0.3) is 0 Å². The first-order valence-electron chi connectivity index (χ1n) is 6.04. The lowest BCUT2D eigenvalue weighted by Crippen LogP contribution is -2.06. The van der Waals surface area contributed by atoms with E-state index in [2.05, 4.69) is 0 Å². The van der Waals surface area contributed by atoms with Crippen LogP contribution in [0.2, 0.25) is 0 Å². The Labute approximate surface area is 106 Å². The van der Waals surface area contributed by atoms with Crippen LogP contribution in [0.15, 0.2) is 18.2 Å². The number of rotatable bonds is 6. The highest BCUT2D eigenvalue weighted by molar-refractivity contribution is 6.01. The largest absolute Gasteiger partial charge is 0.496 e. The van der Waals surface area contributed by atoms with E-state index in [1.165, 1.54) is 7.11 Å². The zero-order valence-corrected chi connectivity index (χ0v) is 10.3. The van der Waals surface area contributed by atoms with Gasteiger partial charge in [0, 0.05) is 12.3 Å². The number of carboxylic acid groups (broad SMARTS) is 1. The van der Waals surface area contributed by atoms with Crippen LogP contribution in [0.1, 0.15) is 35.2 Å². The second kappa shape index (κ2) is 5.21. The molecule has 1 aromatic carbocycles. The van der Waals surface area contributed by atoms with Crippen molar-refractivity contribution in [2.24, 2.45) is 5.92 Å². The summed E-state index contributed by atoms with van der Waals surface area (Å²) in [5.74, 6) is -0.00971. The molecule has 1 aromatic rings. The standard InChI is InChI=1S/C14H16O4/c1-18-12-6-2-9(3-7-13(15)16)8-11(12)14(17)10-4-5-10/h2,6,8,10H,3-5,7H2,1H3,(H,15,16). The first-order chi connectivity index (χ1) is 8.61. The molecule has 18 heavy (non-hydrogen) atoms. The Morgan fingerprint density at radius 2 is 2.11 bits per heavy atom. The van der Waals surface area contributed by atoms with Crippen molar-refractivity contribution in [3.63, 3.8) is 0 Å². The molecule has 1 aliphatic carbocycles. The minimum absolute atomic E-state index is 0.0728. The van der Waals surface area contributed by atoms with Gasteiger partial charge in [-0.3, -0.25) is 9.59 Å². The molecule has 0 saturated heterocycles. The first kappa shape index (κ1) is 12.6. The summed E-state index contributed by atoms with van der Waals surface area (Å²) in [6.07, 6.45) is 2.40. The third-order valence-corrected chi connectivity index (χ3v) is 3.11. The fourth-order valence-electron chi connectivity index (χ4n) is 1.92. The van der Waals surface area contributed by atoms with Crippen LogP contribution in [0.5, 0.6) is 5.75 Å². The summed E-state index contributed by atoms with van der Waals surface area (Å²) < 4.78 is 5.19. The molecule has 4 nitrogen and oxygen atoms in total. The number of hydrogen-bond donors (Lipinski definition) is 1. The van der Waals surface area contributed by atoms with E-state index in [-0.39, 0.29) is 18.1 Å². The highest BCUT2D eigenvalue weighted by Crippen LogP contribution is 2.35. The van der Waals surface area contributed by atoms with Crippen molar-refractivity contribution in [1.82, 2.24) is 0 Å². The Hall–Kier alpha value is -1.84. The average Bonchev–Trinajstić information content (AvgIpc) is 3.19. The molecule has 1 N–H and O–H groups in total. The van der Waals surface area contributed by atoms with Crippen LogP contribution < -0.4 is 4.74 Å². The predicted molar refractivity (Wildman–Crippen MR) is 66.0 cm³/mol. The lowest BCUT2D eigenvalue weighted by atomic mass is 10.0. The lowest BCUT2D eigenvalue weighted by molar-refractivity contribution is -0.136. The van der Waals surface area contributed by atoms with Gasteiger partial charge in [-0.2, -0.15) is 0 Å². The molecule has 1 aliphatic rings. The average molecular weight is 248 g/mol. The lowest BCUT2D eigenvalue weighted by Gasteiger charge is -2.09. The van der Waals surface area contributed by atoms with Gasteiger partial charge in [0.05, 0.1) is 12.7 Å².